The molecule has 0 aliphatic rings. The van der Waals surface area contributed by atoms with Gasteiger partial charge in [0.25, 0.3) is 5.91 Å². The number of Topliss-reactive ketones (excluding diaryl/α,β-unsaturated/α-hetero) is 1. The van der Waals surface area contributed by atoms with Crippen LogP contribution in [0.4, 0.5) is 0 Å². The minimum atomic E-state index is -0.0597. The Morgan fingerprint density at radius 3 is 1.92 bits per heavy atom. The minimum absolute atomic E-state index is 0.00889. The predicted molar refractivity (Wildman–Crippen MR) is 109 cm³/mol. The van der Waals surface area contributed by atoms with Gasteiger partial charge in [0.1, 0.15) is 0 Å². The Morgan fingerprint density at radius 1 is 1.00 bits per heavy atom. The van der Waals surface area contributed by atoms with Crippen molar-refractivity contribution in [3.05, 3.63) is 60.2 Å². The monoisotopic (exact) mass is 356 g/mol. The van der Waals surface area contributed by atoms with Crippen LogP contribution in [0.5, 0.6) is 0 Å². The highest BCUT2D eigenvalue weighted by Crippen LogP contribution is 2.12. The molecule has 1 rings (SSSR count). The third kappa shape index (κ3) is 6.26. The van der Waals surface area contributed by atoms with Gasteiger partial charge >= 0.3 is 0 Å². The van der Waals surface area contributed by atoms with E-state index in [2.05, 4.69) is 45.8 Å². The van der Waals surface area contributed by atoms with Crippen LogP contribution in [0.1, 0.15) is 55.3 Å². The highest BCUT2D eigenvalue weighted by atomic mass is 16.2. The number of rotatable bonds is 10. The molecule has 0 unspecified atom stereocenters. The normalized spacial score (nSPS) is 11.1. The van der Waals surface area contributed by atoms with E-state index in [1.807, 2.05) is 0 Å². The number of carbonyl (C=O) groups excluding carboxylic acids is 2. The largest absolute Gasteiger partial charge is 0.333 e. The summed E-state index contributed by atoms with van der Waals surface area (Å²) in [4.78, 5) is 28.6. The van der Waals surface area contributed by atoms with Gasteiger partial charge in [0.15, 0.2) is 5.78 Å². The average Bonchev–Trinajstić information content (AvgIpc) is 2.59. The highest BCUT2D eigenvalue weighted by molar-refractivity contribution is 5.97. The zero-order valence-electron chi connectivity index (χ0n) is 16.8. The van der Waals surface area contributed by atoms with E-state index >= 15 is 0 Å². The summed E-state index contributed by atoms with van der Waals surface area (Å²) in [5.74, 6) is -0.0686. The molecule has 0 heterocycles. The second kappa shape index (κ2) is 10.1. The Labute approximate surface area is 158 Å². The molecule has 0 aromatic heterocycles. The van der Waals surface area contributed by atoms with Gasteiger partial charge in [0.05, 0.1) is 0 Å². The summed E-state index contributed by atoms with van der Waals surface area (Å²) < 4.78 is 0. The van der Waals surface area contributed by atoms with E-state index in [1.54, 1.807) is 35.2 Å². The third-order valence-electron chi connectivity index (χ3n) is 4.46. The van der Waals surface area contributed by atoms with Crippen LogP contribution in [0.2, 0.25) is 0 Å². The number of carbonyl (C=O) groups is 2. The maximum atomic E-state index is 13.0. The lowest BCUT2D eigenvalue weighted by Gasteiger charge is -2.33. The van der Waals surface area contributed by atoms with Crippen LogP contribution >= 0.6 is 0 Å². The number of nitrogens with zero attached hydrogens (tertiary/aromatic N) is 2. The first-order chi connectivity index (χ1) is 12.2. The molecule has 0 aliphatic carbocycles. The van der Waals surface area contributed by atoms with Crippen molar-refractivity contribution in [2.24, 2.45) is 0 Å². The Morgan fingerprint density at radius 2 is 1.50 bits per heavy atom. The van der Waals surface area contributed by atoms with Crippen LogP contribution in [0, 0.1) is 0 Å². The fraction of sp³-hybridized carbons (Fsp3) is 0.455. The van der Waals surface area contributed by atoms with Crippen molar-refractivity contribution in [1.82, 2.24) is 9.80 Å². The topological polar surface area (TPSA) is 40.6 Å². The number of hydrogen-bond acceptors (Lipinski definition) is 3. The molecule has 0 spiro atoms. The first kappa shape index (κ1) is 21.8. The Bertz CT molecular complexity index is 637. The Balaban J connectivity index is 2.97. The lowest BCUT2D eigenvalue weighted by molar-refractivity contribution is 0.0726. The molecule has 26 heavy (non-hydrogen) atoms. The molecule has 4 heteroatoms. The fourth-order valence-corrected chi connectivity index (χ4v) is 2.94. The SMILES string of the molecule is C=CC(=C)CN(CCN(C(C)C)C(C)C)C(=O)c1ccc(C(C)=O)cc1. The van der Waals surface area contributed by atoms with Crippen LogP contribution in [0.15, 0.2) is 49.1 Å². The average molecular weight is 357 g/mol. The summed E-state index contributed by atoms with van der Waals surface area (Å²) >= 11 is 0. The zero-order chi connectivity index (χ0) is 19.9. The van der Waals surface area contributed by atoms with Crippen molar-refractivity contribution in [3.63, 3.8) is 0 Å². The third-order valence-corrected chi connectivity index (χ3v) is 4.46. The standard InChI is InChI=1S/C22H32N2O2/c1-8-18(6)15-23(13-14-24(16(2)3)17(4)5)22(26)21-11-9-20(10-12-21)19(7)25/h8-12,16-17H,1,6,13-15H2,2-5,7H3. The highest BCUT2D eigenvalue weighted by Gasteiger charge is 2.20. The number of ketones is 1. The van der Waals surface area contributed by atoms with E-state index < -0.39 is 0 Å². The van der Waals surface area contributed by atoms with Gasteiger partial charge in [0.2, 0.25) is 0 Å². The quantitative estimate of drug-likeness (QED) is 0.466. The maximum absolute atomic E-state index is 13.0. The second-order valence-corrected chi connectivity index (χ2v) is 7.15. The van der Waals surface area contributed by atoms with E-state index in [1.165, 1.54) is 6.92 Å². The fourth-order valence-electron chi connectivity index (χ4n) is 2.94. The number of benzene rings is 1. The Kier molecular flexibility index (Phi) is 8.46. The van der Waals surface area contributed by atoms with Crippen LogP contribution in [-0.2, 0) is 0 Å². The van der Waals surface area contributed by atoms with Gasteiger partial charge in [-0.15, -0.1) is 0 Å². The van der Waals surface area contributed by atoms with Crippen molar-refractivity contribution in [2.75, 3.05) is 19.6 Å². The molecule has 0 radical (unpaired) electrons. The van der Waals surface area contributed by atoms with Gasteiger partial charge in [-0.1, -0.05) is 31.4 Å². The lowest BCUT2D eigenvalue weighted by Crippen LogP contribution is -2.44. The van der Waals surface area contributed by atoms with Crippen LogP contribution in [0.25, 0.3) is 0 Å². The van der Waals surface area contributed by atoms with Gasteiger partial charge in [-0.05, 0) is 52.3 Å². The molecule has 0 N–H and O–H groups in total. The van der Waals surface area contributed by atoms with Crippen molar-refractivity contribution >= 4 is 11.7 Å². The molecule has 1 amide bonds. The minimum Gasteiger partial charge on any atom is -0.333 e. The molecule has 4 nitrogen and oxygen atoms in total. The zero-order valence-corrected chi connectivity index (χ0v) is 16.8. The van der Waals surface area contributed by atoms with Crippen molar-refractivity contribution in [1.29, 1.82) is 0 Å². The molecule has 0 bridgehead atoms. The summed E-state index contributed by atoms with van der Waals surface area (Å²) in [7, 11) is 0. The lowest BCUT2D eigenvalue weighted by atomic mass is 10.1. The van der Waals surface area contributed by atoms with E-state index in [9.17, 15) is 9.59 Å². The maximum Gasteiger partial charge on any atom is 0.254 e. The van der Waals surface area contributed by atoms with Crippen molar-refractivity contribution < 1.29 is 9.59 Å². The number of hydrogen-bond donors (Lipinski definition) is 0. The Hall–Kier alpha value is -2.20. The van der Waals surface area contributed by atoms with Crippen molar-refractivity contribution in [2.45, 2.75) is 46.7 Å². The molecule has 0 saturated carbocycles. The van der Waals surface area contributed by atoms with Crippen LogP contribution in [0.3, 0.4) is 0 Å². The van der Waals surface area contributed by atoms with Gasteiger partial charge in [-0.25, -0.2) is 0 Å². The summed E-state index contributed by atoms with van der Waals surface area (Å²) in [6.07, 6.45) is 1.68. The molecule has 142 valence electrons. The molecular weight excluding hydrogens is 324 g/mol. The molecule has 0 aliphatic heterocycles. The van der Waals surface area contributed by atoms with E-state index in [4.69, 9.17) is 0 Å². The summed E-state index contributed by atoms with van der Waals surface area (Å²) in [5, 5.41) is 0. The van der Waals surface area contributed by atoms with Gasteiger partial charge < -0.3 is 4.90 Å². The van der Waals surface area contributed by atoms with E-state index in [-0.39, 0.29) is 11.7 Å². The predicted octanol–water partition coefficient (Wildman–Crippen LogP) is 4.19. The molecule has 0 fully saturated rings. The van der Waals surface area contributed by atoms with Crippen molar-refractivity contribution in [3.8, 4) is 0 Å². The second-order valence-electron chi connectivity index (χ2n) is 7.15. The van der Waals surface area contributed by atoms with Gasteiger partial charge in [-0.2, -0.15) is 0 Å². The molecule has 1 aromatic carbocycles. The van der Waals surface area contributed by atoms with E-state index in [0.717, 1.165) is 12.1 Å². The molecular formula is C22H32N2O2. The first-order valence-corrected chi connectivity index (χ1v) is 9.13. The molecule has 0 atom stereocenters. The number of amides is 1. The smallest absolute Gasteiger partial charge is 0.254 e. The van der Waals surface area contributed by atoms with E-state index in [0.29, 0.717) is 36.3 Å². The first-order valence-electron chi connectivity index (χ1n) is 9.13. The summed E-state index contributed by atoms with van der Waals surface area (Å²) in [6, 6.07) is 7.64. The molecule has 1 aromatic rings. The van der Waals surface area contributed by atoms with Gasteiger partial charge in [-0.3, -0.25) is 14.5 Å². The summed E-state index contributed by atoms with van der Waals surface area (Å²) in [6.45, 7) is 19.7. The van der Waals surface area contributed by atoms with Crippen LogP contribution < -0.4 is 0 Å². The summed E-state index contributed by atoms with van der Waals surface area (Å²) in [5.41, 5.74) is 1.99. The molecule has 0 saturated heterocycles. The van der Waals surface area contributed by atoms with Gasteiger partial charge in [0, 0.05) is 42.8 Å². The van der Waals surface area contributed by atoms with Crippen LogP contribution in [-0.4, -0.2) is 53.2 Å².